The van der Waals surface area contributed by atoms with E-state index < -0.39 is 29.3 Å². The fourth-order valence-corrected chi connectivity index (χ4v) is 6.80. The minimum atomic E-state index is -1.15. The Kier molecular flexibility index (Phi) is 6.42. The van der Waals surface area contributed by atoms with Crippen molar-refractivity contribution in [1.29, 1.82) is 0 Å². The summed E-state index contributed by atoms with van der Waals surface area (Å²) in [5.74, 6) is -1.08. The van der Waals surface area contributed by atoms with Gasteiger partial charge in [-0.3, -0.25) is 19.2 Å². The molecule has 4 heterocycles. The maximum Gasteiger partial charge on any atom is 0.352 e. The average molecular weight is 545 g/mol. The number of hydrogen-bond acceptors (Lipinski definition) is 9. The number of aryl methyl sites for hydroxylation is 1. The normalized spacial score (nSPS) is 21.5. The zero-order chi connectivity index (χ0) is 22.3. The van der Waals surface area contributed by atoms with Crippen molar-refractivity contribution < 1.29 is 19.5 Å². The summed E-state index contributed by atoms with van der Waals surface area (Å²) in [5.41, 5.74) is 0.650. The summed E-state index contributed by atoms with van der Waals surface area (Å²) in [6.45, 7) is 3.53. The highest BCUT2D eigenvalue weighted by molar-refractivity contribution is 9.10. The van der Waals surface area contributed by atoms with E-state index in [0.717, 1.165) is 13.8 Å². The Morgan fingerprint density at radius 3 is 2.84 bits per heavy atom. The third kappa shape index (κ3) is 4.38. The van der Waals surface area contributed by atoms with Crippen LogP contribution in [0.1, 0.15) is 18.0 Å². The second kappa shape index (κ2) is 8.92. The van der Waals surface area contributed by atoms with Crippen LogP contribution in [0.25, 0.3) is 0 Å². The average Bonchev–Trinajstić information content (AvgIpc) is 3.36. The summed E-state index contributed by atoms with van der Waals surface area (Å²) in [4.78, 5) is 38.6. The molecule has 0 aromatic carbocycles. The molecule has 14 heteroatoms. The summed E-state index contributed by atoms with van der Waals surface area (Å²) in [7, 11) is 0. The van der Waals surface area contributed by atoms with Gasteiger partial charge in [-0.15, -0.1) is 22.0 Å². The first kappa shape index (κ1) is 22.3. The van der Waals surface area contributed by atoms with Gasteiger partial charge in [0.2, 0.25) is 5.91 Å². The lowest BCUT2D eigenvalue weighted by Gasteiger charge is -2.49. The van der Waals surface area contributed by atoms with Crippen molar-refractivity contribution in [3.8, 4) is 0 Å². The van der Waals surface area contributed by atoms with E-state index in [0.29, 0.717) is 17.1 Å². The van der Waals surface area contributed by atoms with E-state index in [4.69, 9.17) is 0 Å². The number of β-lactam (4-membered cyclic amide) rings is 1. The second-order valence-corrected chi connectivity index (χ2v) is 11.3. The zero-order valence-corrected chi connectivity index (χ0v) is 20.3. The number of rotatable bonds is 7. The van der Waals surface area contributed by atoms with E-state index >= 15 is 0 Å². The highest BCUT2D eigenvalue weighted by Crippen LogP contribution is 2.41. The number of aromatic nitrogens is 4. The summed E-state index contributed by atoms with van der Waals surface area (Å²) in [6.07, 6.45) is 3.24. The Labute approximate surface area is 198 Å². The molecule has 164 valence electrons. The first-order valence-electron chi connectivity index (χ1n) is 9.09. The third-order valence-electron chi connectivity index (χ3n) is 4.77. The monoisotopic (exact) mass is 544 g/mol. The van der Waals surface area contributed by atoms with Gasteiger partial charge in [0, 0.05) is 17.7 Å². The molecule has 0 saturated carbocycles. The Morgan fingerprint density at radius 1 is 1.45 bits per heavy atom. The number of aliphatic carboxylic acids is 1. The van der Waals surface area contributed by atoms with E-state index in [1.165, 1.54) is 44.4 Å². The molecule has 2 aromatic heterocycles. The SMILES string of the molecule is Cc1nnc(SCC2=C(C(=O)O)N3C(=O)[C@H](NC(=O)[C@@H](C)n4cc(Br)cn4)[C@H]3SC2)s1. The number of nitrogens with one attached hydrogen (secondary N) is 1. The topological polar surface area (TPSA) is 130 Å². The van der Waals surface area contributed by atoms with E-state index in [1.54, 1.807) is 19.3 Å². The molecule has 0 radical (unpaired) electrons. The van der Waals surface area contributed by atoms with Gasteiger partial charge in [-0.25, -0.2) is 4.79 Å². The van der Waals surface area contributed by atoms with Gasteiger partial charge < -0.3 is 10.4 Å². The van der Waals surface area contributed by atoms with Gasteiger partial charge in [-0.2, -0.15) is 5.10 Å². The Bertz CT molecular complexity index is 1090. The standard InChI is InChI=1S/C17H17BrN6O4S3/c1-7(23-4-10(18)3-19-23)13(25)20-11-14(26)24-12(16(27)28)9(5-29-15(11)24)6-30-17-22-21-8(2)31-17/h3-4,7,11,15H,5-6H2,1-2H3,(H,20,25)(H,27,28)/t7-,11+,15-/m1/s1. The molecule has 2 N–H and O–H groups in total. The molecule has 2 aliphatic heterocycles. The minimum absolute atomic E-state index is 0.00274. The maximum atomic E-state index is 12.8. The lowest BCUT2D eigenvalue weighted by molar-refractivity contribution is -0.151. The molecule has 0 spiro atoms. The molecule has 4 rings (SSSR count). The Hall–Kier alpha value is -1.90. The summed E-state index contributed by atoms with van der Waals surface area (Å²) in [5, 5.41) is 25.0. The van der Waals surface area contributed by atoms with Crippen LogP contribution < -0.4 is 5.32 Å². The number of carboxylic acid groups (broad SMARTS) is 1. The number of amides is 2. The molecule has 3 atom stereocenters. The van der Waals surface area contributed by atoms with Crippen LogP contribution in [-0.2, 0) is 14.4 Å². The quantitative estimate of drug-likeness (QED) is 0.396. The van der Waals surface area contributed by atoms with Crippen molar-refractivity contribution in [1.82, 2.24) is 30.2 Å². The van der Waals surface area contributed by atoms with E-state index in [-0.39, 0.29) is 11.6 Å². The van der Waals surface area contributed by atoms with Gasteiger partial charge in [0.25, 0.3) is 5.91 Å². The predicted octanol–water partition coefficient (Wildman–Crippen LogP) is 1.90. The van der Waals surface area contributed by atoms with Crippen LogP contribution in [0.5, 0.6) is 0 Å². The highest BCUT2D eigenvalue weighted by Gasteiger charge is 2.54. The fourth-order valence-electron chi connectivity index (χ4n) is 3.20. The molecule has 2 aliphatic rings. The number of thioether (sulfide) groups is 2. The van der Waals surface area contributed by atoms with Crippen LogP contribution in [0.3, 0.4) is 0 Å². The van der Waals surface area contributed by atoms with Crippen LogP contribution in [0.4, 0.5) is 0 Å². The Balaban J connectivity index is 1.45. The van der Waals surface area contributed by atoms with Gasteiger partial charge >= 0.3 is 5.97 Å². The Morgan fingerprint density at radius 2 is 2.23 bits per heavy atom. The van der Waals surface area contributed by atoms with Crippen molar-refractivity contribution in [2.75, 3.05) is 11.5 Å². The smallest absolute Gasteiger partial charge is 0.352 e. The van der Waals surface area contributed by atoms with Crippen LogP contribution in [0, 0.1) is 6.92 Å². The van der Waals surface area contributed by atoms with Gasteiger partial charge in [-0.1, -0.05) is 23.1 Å². The van der Waals surface area contributed by atoms with Crippen LogP contribution in [0.15, 0.2) is 32.5 Å². The largest absolute Gasteiger partial charge is 0.477 e. The lowest BCUT2D eigenvalue weighted by Crippen LogP contribution is -2.71. The van der Waals surface area contributed by atoms with E-state index in [2.05, 4.69) is 36.5 Å². The molecule has 1 fully saturated rings. The van der Waals surface area contributed by atoms with Crippen molar-refractivity contribution >= 4 is 68.6 Å². The number of carboxylic acids is 1. The van der Waals surface area contributed by atoms with Crippen LogP contribution >= 0.6 is 50.8 Å². The van der Waals surface area contributed by atoms with E-state index in [9.17, 15) is 19.5 Å². The number of hydrogen-bond donors (Lipinski definition) is 2. The molecule has 0 unspecified atom stereocenters. The van der Waals surface area contributed by atoms with Crippen LogP contribution in [0.2, 0.25) is 0 Å². The molecule has 31 heavy (non-hydrogen) atoms. The molecule has 10 nitrogen and oxygen atoms in total. The third-order valence-corrected chi connectivity index (χ3v) is 8.58. The first-order valence-corrected chi connectivity index (χ1v) is 12.7. The first-order chi connectivity index (χ1) is 14.8. The van der Waals surface area contributed by atoms with Gasteiger partial charge in [-0.05, 0) is 35.4 Å². The number of fused-ring (bicyclic) bond motifs is 1. The van der Waals surface area contributed by atoms with Gasteiger partial charge in [0.15, 0.2) is 4.34 Å². The summed E-state index contributed by atoms with van der Waals surface area (Å²) < 4.78 is 2.98. The van der Waals surface area contributed by atoms with Crippen molar-refractivity contribution in [3.05, 3.63) is 33.1 Å². The number of halogens is 1. The zero-order valence-electron chi connectivity index (χ0n) is 16.3. The predicted molar refractivity (Wildman–Crippen MR) is 120 cm³/mol. The maximum absolute atomic E-state index is 12.8. The molecule has 2 amide bonds. The number of nitrogens with zero attached hydrogens (tertiary/aromatic N) is 5. The van der Waals surface area contributed by atoms with Gasteiger partial charge in [0.05, 0.1) is 10.7 Å². The number of carbonyl (C=O) groups is 3. The summed E-state index contributed by atoms with van der Waals surface area (Å²) >= 11 is 7.57. The molecule has 1 saturated heterocycles. The molecular formula is C17H17BrN6O4S3. The minimum Gasteiger partial charge on any atom is -0.477 e. The second-order valence-electron chi connectivity index (χ2n) is 6.84. The molecular weight excluding hydrogens is 528 g/mol. The van der Waals surface area contributed by atoms with Crippen molar-refractivity contribution in [2.24, 2.45) is 0 Å². The summed E-state index contributed by atoms with van der Waals surface area (Å²) in [6, 6.07) is -1.38. The molecule has 0 bridgehead atoms. The molecule has 0 aliphatic carbocycles. The highest BCUT2D eigenvalue weighted by atomic mass is 79.9. The van der Waals surface area contributed by atoms with Crippen molar-refractivity contribution in [3.63, 3.8) is 0 Å². The number of carbonyl (C=O) groups excluding carboxylic acids is 2. The fraction of sp³-hybridized carbons (Fsp3) is 0.412. The van der Waals surface area contributed by atoms with E-state index in [1.807, 2.05) is 6.92 Å². The van der Waals surface area contributed by atoms with Gasteiger partial charge in [0.1, 0.15) is 28.2 Å². The van der Waals surface area contributed by atoms with Crippen molar-refractivity contribution in [2.45, 2.75) is 35.6 Å². The lowest BCUT2D eigenvalue weighted by atomic mass is 10.0. The van der Waals surface area contributed by atoms with Crippen LogP contribution in [-0.4, -0.2) is 70.7 Å². The molecule has 2 aromatic rings.